The van der Waals surface area contributed by atoms with Gasteiger partial charge in [-0.25, -0.2) is 17.5 Å². The van der Waals surface area contributed by atoms with Gasteiger partial charge in [-0.3, -0.25) is 0 Å². The molecule has 0 spiro atoms. The minimum absolute atomic E-state index is 0.000614. The first-order valence-corrected chi connectivity index (χ1v) is 7.74. The van der Waals surface area contributed by atoms with Crippen molar-refractivity contribution in [1.29, 1.82) is 5.26 Å². The highest BCUT2D eigenvalue weighted by molar-refractivity contribution is 7.89. The van der Waals surface area contributed by atoms with E-state index in [1.807, 2.05) is 6.92 Å². The van der Waals surface area contributed by atoms with Gasteiger partial charge >= 0.3 is 0 Å². The summed E-state index contributed by atoms with van der Waals surface area (Å²) in [5, 5.41) is 8.74. The molecule has 1 fully saturated rings. The third kappa shape index (κ3) is 3.33. The molecule has 0 bridgehead atoms. The number of ether oxygens (including phenoxy) is 1. The van der Waals surface area contributed by atoms with Gasteiger partial charge in [-0.05, 0) is 38.0 Å². The summed E-state index contributed by atoms with van der Waals surface area (Å²) in [6.07, 6.45) is 1.18. The molecule has 2 atom stereocenters. The van der Waals surface area contributed by atoms with E-state index in [2.05, 4.69) is 4.72 Å². The SMILES string of the molecule is CC1CC(NS(=O)(=O)c2ccc(F)c(C#N)c2)CCO1. The quantitative estimate of drug-likeness (QED) is 0.918. The number of rotatable bonds is 3. The van der Waals surface area contributed by atoms with Crippen molar-refractivity contribution in [3.63, 3.8) is 0 Å². The molecular formula is C13H15FN2O3S. The summed E-state index contributed by atoms with van der Waals surface area (Å²) in [7, 11) is -3.76. The summed E-state index contributed by atoms with van der Waals surface area (Å²) in [5.41, 5.74) is -0.284. The summed E-state index contributed by atoms with van der Waals surface area (Å²) in [6.45, 7) is 2.38. The molecular weight excluding hydrogens is 283 g/mol. The van der Waals surface area contributed by atoms with Crippen molar-refractivity contribution in [3.05, 3.63) is 29.6 Å². The van der Waals surface area contributed by atoms with Crippen LogP contribution in [0.2, 0.25) is 0 Å². The van der Waals surface area contributed by atoms with Crippen LogP contribution in [0.1, 0.15) is 25.3 Å². The molecule has 2 unspecified atom stereocenters. The van der Waals surface area contributed by atoms with Crippen LogP contribution in [0.3, 0.4) is 0 Å². The predicted molar refractivity (Wildman–Crippen MR) is 69.9 cm³/mol. The van der Waals surface area contributed by atoms with E-state index >= 15 is 0 Å². The molecule has 1 N–H and O–H groups in total. The van der Waals surface area contributed by atoms with Gasteiger partial charge < -0.3 is 4.74 Å². The molecule has 0 saturated carbocycles. The second-order valence-electron chi connectivity index (χ2n) is 4.78. The van der Waals surface area contributed by atoms with Crippen LogP contribution in [0.4, 0.5) is 4.39 Å². The molecule has 1 saturated heterocycles. The number of sulfonamides is 1. The maximum Gasteiger partial charge on any atom is 0.240 e. The Balaban J connectivity index is 2.20. The Morgan fingerprint density at radius 1 is 1.50 bits per heavy atom. The zero-order valence-corrected chi connectivity index (χ0v) is 11.8. The van der Waals surface area contributed by atoms with Crippen molar-refractivity contribution >= 4 is 10.0 Å². The van der Waals surface area contributed by atoms with Gasteiger partial charge in [0.1, 0.15) is 11.9 Å². The van der Waals surface area contributed by atoms with Crippen molar-refractivity contribution in [3.8, 4) is 6.07 Å². The minimum atomic E-state index is -3.76. The maximum absolute atomic E-state index is 13.2. The van der Waals surface area contributed by atoms with Crippen LogP contribution in [-0.4, -0.2) is 27.2 Å². The normalized spacial score (nSPS) is 23.2. The highest BCUT2D eigenvalue weighted by Gasteiger charge is 2.25. The van der Waals surface area contributed by atoms with Gasteiger partial charge in [0.05, 0.1) is 16.6 Å². The van der Waals surface area contributed by atoms with E-state index in [1.165, 1.54) is 0 Å². The molecule has 0 radical (unpaired) electrons. The van der Waals surface area contributed by atoms with E-state index in [0.29, 0.717) is 19.4 Å². The van der Waals surface area contributed by atoms with Crippen molar-refractivity contribution < 1.29 is 17.5 Å². The number of benzene rings is 1. The standard InChI is InChI=1S/C13H15FN2O3S/c1-9-6-11(4-5-19-9)16-20(17,18)12-2-3-13(14)10(7-12)8-15/h2-3,7,9,11,16H,4-6H2,1H3. The van der Waals surface area contributed by atoms with Crippen molar-refractivity contribution in [2.24, 2.45) is 0 Å². The first-order valence-electron chi connectivity index (χ1n) is 6.26. The minimum Gasteiger partial charge on any atom is -0.378 e. The fraction of sp³-hybridized carbons (Fsp3) is 0.462. The fourth-order valence-electron chi connectivity index (χ4n) is 2.15. The van der Waals surface area contributed by atoms with Crippen LogP contribution in [0.5, 0.6) is 0 Å². The molecule has 7 heteroatoms. The average molecular weight is 298 g/mol. The van der Waals surface area contributed by atoms with E-state index < -0.39 is 15.8 Å². The summed E-state index contributed by atoms with van der Waals surface area (Å²) in [6, 6.07) is 4.60. The highest BCUT2D eigenvalue weighted by Crippen LogP contribution is 2.18. The van der Waals surface area contributed by atoms with Crippen LogP contribution >= 0.6 is 0 Å². The van der Waals surface area contributed by atoms with Crippen molar-refractivity contribution in [2.45, 2.75) is 36.8 Å². The van der Waals surface area contributed by atoms with E-state index in [9.17, 15) is 12.8 Å². The second kappa shape index (κ2) is 5.87. The number of nitrogens with one attached hydrogen (secondary N) is 1. The lowest BCUT2D eigenvalue weighted by atomic mass is 10.1. The van der Waals surface area contributed by atoms with Gasteiger partial charge in [0.2, 0.25) is 10.0 Å². The molecule has 108 valence electrons. The van der Waals surface area contributed by atoms with Crippen LogP contribution < -0.4 is 4.72 Å². The van der Waals surface area contributed by atoms with Gasteiger partial charge in [0.15, 0.2) is 0 Å². The Hall–Kier alpha value is -1.49. The molecule has 1 aromatic carbocycles. The van der Waals surface area contributed by atoms with Crippen LogP contribution in [0, 0.1) is 17.1 Å². The van der Waals surface area contributed by atoms with Gasteiger partial charge in [-0.2, -0.15) is 5.26 Å². The lowest BCUT2D eigenvalue weighted by molar-refractivity contribution is 0.0173. The van der Waals surface area contributed by atoms with Gasteiger partial charge in [0, 0.05) is 12.6 Å². The second-order valence-corrected chi connectivity index (χ2v) is 6.49. The Morgan fingerprint density at radius 2 is 2.25 bits per heavy atom. The molecule has 0 aliphatic carbocycles. The van der Waals surface area contributed by atoms with Gasteiger partial charge in [-0.15, -0.1) is 0 Å². The number of nitriles is 1. The number of halogens is 1. The lowest BCUT2D eigenvalue weighted by Crippen LogP contribution is -2.41. The molecule has 5 nitrogen and oxygen atoms in total. The fourth-order valence-corrected chi connectivity index (χ4v) is 3.46. The van der Waals surface area contributed by atoms with Crippen LogP contribution in [-0.2, 0) is 14.8 Å². The third-order valence-electron chi connectivity index (χ3n) is 3.18. The Bertz CT molecular complexity index is 640. The zero-order valence-electron chi connectivity index (χ0n) is 11.0. The van der Waals surface area contributed by atoms with Crippen molar-refractivity contribution in [1.82, 2.24) is 4.72 Å². The number of nitrogens with zero attached hydrogens (tertiary/aromatic N) is 1. The zero-order chi connectivity index (χ0) is 14.8. The highest BCUT2D eigenvalue weighted by atomic mass is 32.2. The summed E-state index contributed by atoms with van der Waals surface area (Å²) in [5.74, 6) is -0.730. The number of hydrogen-bond donors (Lipinski definition) is 1. The summed E-state index contributed by atoms with van der Waals surface area (Å²) in [4.78, 5) is -0.102. The van der Waals surface area contributed by atoms with E-state index in [-0.39, 0.29) is 22.6 Å². The van der Waals surface area contributed by atoms with E-state index in [4.69, 9.17) is 10.00 Å². The van der Waals surface area contributed by atoms with Crippen molar-refractivity contribution in [2.75, 3.05) is 6.61 Å². The Labute approximate surface area is 117 Å². The van der Waals surface area contributed by atoms with Gasteiger partial charge in [-0.1, -0.05) is 0 Å². The van der Waals surface area contributed by atoms with Crippen LogP contribution in [0.25, 0.3) is 0 Å². The topological polar surface area (TPSA) is 79.2 Å². The molecule has 2 rings (SSSR count). The Morgan fingerprint density at radius 3 is 2.90 bits per heavy atom. The molecule has 1 aliphatic rings. The van der Waals surface area contributed by atoms with E-state index in [0.717, 1.165) is 18.2 Å². The third-order valence-corrected chi connectivity index (χ3v) is 4.69. The molecule has 0 amide bonds. The van der Waals surface area contributed by atoms with E-state index in [1.54, 1.807) is 6.07 Å². The molecule has 20 heavy (non-hydrogen) atoms. The maximum atomic E-state index is 13.2. The average Bonchev–Trinajstić information content (AvgIpc) is 2.38. The largest absolute Gasteiger partial charge is 0.378 e. The van der Waals surface area contributed by atoms with Crippen LogP contribution in [0.15, 0.2) is 23.1 Å². The Kier molecular flexibility index (Phi) is 4.38. The molecule has 1 aliphatic heterocycles. The summed E-state index contributed by atoms with van der Waals surface area (Å²) < 4.78 is 45.5. The lowest BCUT2D eigenvalue weighted by Gasteiger charge is -2.27. The van der Waals surface area contributed by atoms with Gasteiger partial charge in [0.25, 0.3) is 0 Å². The molecule has 1 aromatic rings. The predicted octanol–water partition coefficient (Wildman–Crippen LogP) is 1.54. The molecule has 1 heterocycles. The number of hydrogen-bond acceptors (Lipinski definition) is 4. The first-order chi connectivity index (χ1) is 9.42. The summed E-state index contributed by atoms with van der Waals surface area (Å²) >= 11 is 0. The monoisotopic (exact) mass is 298 g/mol. The molecule has 0 aromatic heterocycles. The first kappa shape index (κ1) is 14.9. The smallest absolute Gasteiger partial charge is 0.240 e.